The highest BCUT2D eigenvalue weighted by atomic mass is 32.2. The van der Waals surface area contributed by atoms with E-state index in [2.05, 4.69) is 5.32 Å². The fourth-order valence-electron chi connectivity index (χ4n) is 3.99. The van der Waals surface area contributed by atoms with Crippen molar-refractivity contribution >= 4 is 27.7 Å². The van der Waals surface area contributed by atoms with E-state index in [1.54, 1.807) is 44.4 Å². The molecular weight excluding hydrogens is 482 g/mol. The van der Waals surface area contributed by atoms with Crippen LogP contribution < -0.4 is 10.1 Å². The number of ether oxygens (including phenoxy) is 1. The maximum atomic E-state index is 13.3. The molecule has 0 aromatic heterocycles. The van der Waals surface area contributed by atoms with Crippen LogP contribution in [0.4, 0.5) is 0 Å². The Hall–Kier alpha value is -3.40. The summed E-state index contributed by atoms with van der Waals surface area (Å²) < 4.78 is 31.6. The molecular formula is C26H33N3O6S. The van der Waals surface area contributed by atoms with Gasteiger partial charge in [0.1, 0.15) is 16.7 Å². The molecule has 1 aliphatic heterocycles. The van der Waals surface area contributed by atoms with Gasteiger partial charge in [-0.3, -0.25) is 14.4 Å². The minimum atomic E-state index is -3.94. The van der Waals surface area contributed by atoms with Crippen LogP contribution in [0.3, 0.4) is 0 Å². The lowest BCUT2D eigenvalue weighted by molar-refractivity contribution is -0.141. The highest BCUT2D eigenvalue weighted by molar-refractivity contribution is 7.90. The number of rotatable bonds is 9. The summed E-state index contributed by atoms with van der Waals surface area (Å²) >= 11 is 0. The first-order valence-corrected chi connectivity index (χ1v) is 13.2. The topological polar surface area (TPSA) is 113 Å². The van der Waals surface area contributed by atoms with E-state index in [1.807, 2.05) is 26.8 Å². The zero-order chi connectivity index (χ0) is 26.7. The van der Waals surface area contributed by atoms with E-state index >= 15 is 0 Å². The summed E-state index contributed by atoms with van der Waals surface area (Å²) in [4.78, 5) is 40.3. The van der Waals surface area contributed by atoms with Crippen molar-refractivity contribution in [2.45, 2.75) is 63.6 Å². The first-order valence-electron chi connectivity index (χ1n) is 11.8. The minimum absolute atomic E-state index is 0.0200. The number of benzene rings is 2. The van der Waals surface area contributed by atoms with Crippen LogP contribution in [0, 0.1) is 0 Å². The lowest BCUT2D eigenvalue weighted by Gasteiger charge is -2.31. The molecule has 1 unspecified atom stereocenters. The second-order valence-electron chi connectivity index (χ2n) is 9.77. The molecule has 0 aliphatic carbocycles. The molecule has 3 amide bonds. The molecule has 10 heteroatoms. The van der Waals surface area contributed by atoms with E-state index in [4.69, 9.17) is 4.74 Å². The number of fused-ring (bicyclic) bond motifs is 1. The number of sulfonamides is 1. The van der Waals surface area contributed by atoms with Crippen molar-refractivity contribution in [1.29, 1.82) is 0 Å². The fraction of sp³-hybridized carbons (Fsp3) is 0.423. The van der Waals surface area contributed by atoms with Gasteiger partial charge in [0.2, 0.25) is 11.8 Å². The summed E-state index contributed by atoms with van der Waals surface area (Å²) in [7, 11) is -2.39. The van der Waals surface area contributed by atoms with Crippen molar-refractivity contribution in [3.8, 4) is 5.75 Å². The number of hydrogen-bond acceptors (Lipinski definition) is 6. The standard InChI is InChI=1S/C26H33N3O6S/c1-18(24(31)27-26(2,3)4)28(17-19-10-8-11-20(16-19)35-5)23(30)14-9-15-29-25(32)21-12-6-7-13-22(21)36(29,33)34/h6-8,10-13,16,18H,9,14-15,17H2,1-5H3,(H,27,31). The van der Waals surface area contributed by atoms with Crippen LogP contribution in [0.15, 0.2) is 53.4 Å². The normalized spacial score (nSPS) is 15.2. The molecule has 36 heavy (non-hydrogen) atoms. The van der Waals surface area contributed by atoms with Crippen molar-refractivity contribution in [2.75, 3.05) is 13.7 Å². The largest absolute Gasteiger partial charge is 0.497 e. The summed E-state index contributed by atoms with van der Waals surface area (Å²) in [5, 5.41) is 2.90. The summed E-state index contributed by atoms with van der Waals surface area (Å²) in [6.07, 6.45) is 0.0900. The smallest absolute Gasteiger partial charge is 0.269 e. The fourth-order valence-corrected chi connectivity index (χ4v) is 5.60. The molecule has 0 saturated heterocycles. The van der Waals surface area contributed by atoms with Gasteiger partial charge in [-0.2, -0.15) is 0 Å². The third-order valence-corrected chi connectivity index (χ3v) is 7.66. The molecule has 2 aromatic carbocycles. The Kier molecular flexibility index (Phi) is 8.08. The average molecular weight is 516 g/mol. The van der Waals surface area contributed by atoms with Gasteiger partial charge in [-0.25, -0.2) is 12.7 Å². The van der Waals surface area contributed by atoms with Crippen LogP contribution in [0.25, 0.3) is 0 Å². The maximum absolute atomic E-state index is 13.3. The summed E-state index contributed by atoms with van der Waals surface area (Å²) in [6, 6.07) is 12.5. The Balaban J connectivity index is 1.74. The quantitative estimate of drug-likeness (QED) is 0.549. The molecule has 3 rings (SSSR count). The molecule has 1 atom stereocenters. The van der Waals surface area contributed by atoms with E-state index < -0.39 is 27.5 Å². The Bertz CT molecular complexity index is 1250. The molecule has 0 radical (unpaired) electrons. The SMILES string of the molecule is COc1cccc(CN(C(=O)CCCN2C(=O)c3ccccc3S2(=O)=O)C(C)C(=O)NC(C)(C)C)c1. The van der Waals surface area contributed by atoms with Gasteiger partial charge in [-0.15, -0.1) is 0 Å². The Morgan fingerprint density at radius 3 is 2.44 bits per heavy atom. The van der Waals surface area contributed by atoms with Crippen LogP contribution in [-0.4, -0.2) is 60.6 Å². The highest BCUT2D eigenvalue weighted by Crippen LogP contribution is 2.30. The van der Waals surface area contributed by atoms with Gasteiger partial charge in [-0.05, 0) is 63.9 Å². The molecule has 0 bridgehead atoms. The van der Waals surface area contributed by atoms with Crippen LogP contribution in [0.5, 0.6) is 5.75 Å². The zero-order valence-electron chi connectivity index (χ0n) is 21.3. The maximum Gasteiger partial charge on any atom is 0.269 e. The number of nitrogens with one attached hydrogen (secondary N) is 1. The van der Waals surface area contributed by atoms with Gasteiger partial charge >= 0.3 is 0 Å². The van der Waals surface area contributed by atoms with Gasteiger partial charge < -0.3 is 15.0 Å². The summed E-state index contributed by atoms with van der Waals surface area (Å²) in [6.45, 7) is 7.27. The second-order valence-corrected chi connectivity index (χ2v) is 11.6. The predicted octanol–water partition coefficient (Wildman–Crippen LogP) is 2.95. The predicted molar refractivity (Wildman–Crippen MR) is 135 cm³/mol. The van der Waals surface area contributed by atoms with E-state index in [1.165, 1.54) is 17.0 Å². The van der Waals surface area contributed by atoms with Crippen molar-refractivity contribution in [3.63, 3.8) is 0 Å². The number of nitrogens with zero attached hydrogens (tertiary/aromatic N) is 2. The molecule has 0 saturated carbocycles. The molecule has 0 spiro atoms. The second kappa shape index (κ2) is 10.7. The first kappa shape index (κ1) is 27.2. The summed E-state index contributed by atoms with van der Waals surface area (Å²) in [5.41, 5.74) is 0.442. The Morgan fingerprint density at radius 1 is 1.11 bits per heavy atom. The lowest BCUT2D eigenvalue weighted by Crippen LogP contribution is -2.52. The number of carbonyl (C=O) groups is 3. The highest BCUT2D eigenvalue weighted by Gasteiger charge is 2.40. The molecule has 194 valence electrons. The molecule has 1 aliphatic rings. The van der Waals surface area contributed by atoms with Gasteiger partial charge in [0, 0.05) is 25.0 Å². The Labute approximate surface area is 212 Å². The van der Waals surface area contributed by atoms with Gasteiger partial charge in [-0.1, -0.05) is 24.3 Å². The van der Waals surface area contributed by atoms with E-state index in [0.29, 0.717) is 5.75 Å². The molecule has 1 N–H and O–H groups in total. The van der Waals surface area contributed by atoms with E-state index in [-0.39, 0.29) is 48.2 Å². The number of carbonyl (C=O) groups excluding carboxylic acids is 3. The van der Waals surface area contributed by atoms with Crippen molar-refractivity contribution in [2.24, 2.45) is 0 Å². The number of hydrogen-bond donors (Lipinski definition) is 1. The molecule has 2 aromatic rings. The van der Waals surface area contributed by atoms with Crippen molar-refractivity contribution in [3.05, 3.63) is 59.7 Å². The van der Waals surface area contributed by atoms with Crippen LogP contribution >= 0.6 is 0 Å². The molecule has 0 fully saturated rings. The van der Waals surface area contributed by atoms with Crippen molar-refractivity contribution in [1.82, 2.24) is 14.5 Å². The zero-order valence-corrected chi connectivity index (χ0v) is 22.1. The third-order valence-electron chi connectivity index (χ3n) is 5.82. The van der Waals surface area contributed by atoms with Gasteiger partial charge in [0.05, 0.1) is 12.7 Å². The average Bonchev–Trinajstić information content (AvgIpc) is 3.01. The third kappa shape index (κ3) is 6.04. The van der Waals surface area contributed by atoms with Crippen LogP contribution in [0.1, 0.15) is 56.5 Å². The minimum Gasteiger partial charge on any atom is -0.497 e. The van der Waals surface area contributed by atoms with Crippen LogP contribution in [0.2, 0.25) is 0 Å². The number of methoxy groups -OCH3 is 1. The van der Waals surface area contributed by atoms with E-state index in [9.17, 15) is 22.8 Å². The van der Waals surface area contributed by atoms with Gasteiger partial charge in [0.15, 0.2) is 0 Å². The lowest BCUT2D eigenvalue weighted by atomic mass is 10.1. The Morgan fingerprint density at radius 2 is 1.81 bits per heavy atom. The summed E-state index contributed by atoms with van der Waals surface area (Å²) in [5.74, 6) is -0.587. The van der Waals surface area contributed by atoms with E-state index in [0.717, 1.165) is 9.87 Å². The van der Waals surface area contributed by atoms with Crippen molar-refractivity contribution < 1.29 is 27.5 Å². The monoisotopic (exact) mass is 515 g/mol. The molecule has 1 heterocycles. The number of amides is 3. The molecule has 9 nitrogen and oxygen atoms in total. The van der Waals surface area contributed by atoms with Gasteiger partial charge in [0.25, 0.3) is 15.9 Å². The first-order chi connectivity index (χ1) is 16.8. The van der Waals surface area contributed by atoms with Crippen LogP contribution in [-0.2, 0) is 26.2 Å².